The summed E-state index contributed by atoms with van der Waals surface area (Å²) in [5, 5.41) is 12.4. The number of nitrogens with zero attached hydrogens (tertiary/aromatic N) is 4. The number of aliphatic hydroxyl groups excluding tert-OH is 1. The standard InChI is InChI=1S/C14H13ClFN5O/c15-14-19-12(18-7-9-1-3-17-4-2-9)11-10(16)8-21(5-6-22)13(11)20-14/h1-4,8,22H,5-7H2,(H,18,19,20). The lowest BCUT2D eigenvalue weighted by atomic mass is 10.2. The van der Waals surface area contributed by atoms with Crippen LogP contribution in [0.25, 0.3) is 11.0 Å². The summed E-state index contributed by atoms with van der Waals surface area (Å²) in [5.41, 5.74) is 1.33. The van der Waals surface area contributed by atoms with Crippen LogP contribution in [0.4, 0.5) is 10.2 Å². The molecule has 8 heteroatoms. The van der Waals surface area contributed by atoms with Crippen molar-refractivity contribution in [1.82, 2.24) is 19.5 Å². The van der Waals surface area contributed by atoms with Crippen molar-refractivity contribution in [2.24, 2.45) is 0 Å². The average Bonchev–Trinajstić information content (AvgIpc) is 2.82. The summed E-state index contributed by atoms with van der Waals surface area (Å²) in [7, 11) is 0. The predicted octanol–water partition coefficient (Wildman–Crippen LogP) is 2.22. The van der Waals surface area contributed by atoms with Crippen LogP contribution in [0.2, 0.25) is 5.28 Å². The molecule has 114 valence electrons. The zero-order valence-corrected chi connectivity index (χ0v) is 12.3. The first-order chi connectivity index (χ1) is 10.7. The van der Waals surface area contributed by atoms with E-state index in [9.17, 15) is 4.39 Å². The zero-order valence-electron chi connectivity index (χ0n) is 11.5. The molecule has 0 amide bonds. The number of pyridine rings is 1. The Morgan fingerprint density at radius 2 is 2.05 bits per heavy atom. The molecule has 0 aliphatic heterocycles. The van der Waals surface area contributed by atoms with Crippen LogP contribution in [0.1, 0.15) is 5.56 Å². The molecule has 2 N–H and O–H groups in total. The molecule has 0 unspecified atom stereocenters. The Labute approximate surface area is 130 Å². The van der Waals surface area contributed by atoms with Gasteiger partial charge in [0, 0.05) is 31.7 Å². The fraction of sp³-hybridized carbons (Fsp3) is 0.214. The van der Waals surface area contributed by atoms with E-state index < -0.39 is 5.82 Å². The highest BCUT2D eigenvalue weighted by atomic mass is 35.5. The van der Waals surface area contributed by atoms with Crippen LogP contribution in [-0.4, -0.2) is 31.2 Å². The highest BCUT2D eigenvalue weighted by Crippen LogP contribution is 2.27. The van der Waals surface area contributed by atoms with Gasteiger partial charge in [-0.25, -0.2) is 4.39 Å². The Bertz CT molecular complexity index is 793. The smallest absolute Gasteiger partial charge is 0.226 e. The minimum atomic E-state index is -0.461. The first-order valence-electron chi connectivity index (χ1n) is 6.64. The van der Waals surface area contributed by atoms with Crippen molar-refractivity contribution in [3.63, 3.8) is 0 Å². The van der Waals surface area contributed by atoms with Gasteiger partial charge >= 0.3 is 0 Å². The van der Waals surface area contributed by atoms with Crippen LogP contribution >= 0.6 is 11.6 Å². The zero-order chi connectivity index (χ0) is 15.5. The minimum Gasteiger partial charge on any atom is -0.395 e. The summed E-state index contributed by atoms with van der Waals surface area (Å²) in [6, 6.07) is 3.70. The molecular weight excluding hydrogens is 309 g/mol. The quantitative estimate of drug-likeness (QED) is 0.705. The first kappa shape index (κ1) is 14.7. The number of halogens is 2. The SMILES string of the molecule is OCCn1cc(F)c2c(NCc3ccncc3)nc(Cl)nc21. The molecule has 0 saturated carbocycles. The van der Waals surface area contributed by atoms with Crippen molar-refractivity contribution in [2.45, 2.75) is 13.1 Å². The Morgan fingerprint density at radius 3 is 2.77 bits per heavy atom. The molecule has 0 aliphatic rings. The molecule has 0 radical (unpaired) electrons. The van der Waals surface area contributed by atoms with E-state index in [4.69, 9.17) is 16.7 Å². The van der Waals surface area contributed by atoms with E-state index >= 15 is 0 Å². The second-order valence-electron chi connectivity index (χ2n) is 4.64. The molecule has 3 aromatic rings. The van der Waals surface area contributed by atoms with Crippen LogP contribution in [0.5, 0.6) is 0 Å². The molecule has 3 heterocycles. The second kappa shape index (κ2) is 6.25. The van der Waals surface area contributed by atoms with Gasteiger partial charge in [-0.05, 0) is 29.3 Å². The number of aromatic nitrogens is 4. The van der Waals surface area contributed by atoms with Crippen LogP contribution in [0, 0.1) is 5.82 Å². The summed E-state index contributed by atoms with van der Waals surface area (Å²) in [6.07, 6.45) is 4.64. The van der Waals surface area contributed by atoms with Gasteiger partial charge in [0.05, 0.1) is 12.0 Å². The Balaban J connectivity index is 1.98. The van der Waals surface area contributed by atoms with E-state index in [1.807, 2.05) is 12.1 Å². The third-order valence-corrected chi connectivity index (χ3v) is 3.36. The van der Waals surface area contributed by atoms with E-state index in [-0.39, 0.29) is 23.8 Å². The molecule has 6 nitrogen and oxygen atoms in total. The molecule has 3 aromatic heterocycles. The first-order valence-corrected chi connectivity index (χ1v) is 7.02. The fourth-order valence-electron chi connectivity index (χ4n) is 2.21. The van der Waals surface area contributed by atoms with Crippen molar-refractivity contribution in [3.05, 3.63) is 47.4 Å². The van der Waals surface area contributed by atoms with Crippen molar-refractivity contribution in [3.8, 4) is 0 Å². The molecule has 0 saturated heterocycles. The summed E-state index contributed by atoms with van der Waals surface area (Å²) in [5.74, 6) is -0.140. The van der Waals surface area contributed by atoms with Gasteiger partial charge in [0.25, 0.3) is 0 Å². The summed E-state index contributed by atoms with van der Waals surface area (Å²) >= 11 is 5.92. The van der Waals surface area contributed by atoms with Crippen LogP contribution in [0.3, 0.4) is 0 Å². The Kier molecular flexibility index (Phi) is 4.17. The number of nitrogens with one attached hydrogen (secondary N) is 1. The van der Waals surface area contributed by atoms with E-state index in [0.717, 1.165) is 5.56 Å². The summed E-state index contributed by atoms with van der Waals surface area (Å²) in [4.78, 5) is 12.1. The van der Waals surface area contributed by atoms with Crippen molar-refractivity contribution in [1.29, 1.82) is 0 Å². The number of fused-ring (bicyclic) bond motifs is 1. The molecule has 0 bridgehead atoms. The lowest BCUT2D eigenvalue weighted by molar-refractivity contribution is 0.277. The second-order valence-corrected chi connectivity index (χ2v) is 4.98. The normalized spacial score (nSPS) is 11.0. The van der Waals surface area contributed by atoms with Gasteiger partial charge in [0.2, 0.25) is 5.28 Å². The summed E-state index contributed by atoms with van der Waals surface area (Å²) < 4.78 is 15.7. The van der Waals surface area contributed by atoms with Crippen LogP contribution in [0.15, 0.2) is 30.7 Å². The molecule has 0 aromatic carbocycles. The Morgan fingerprint density at radius 1 is 1.27 bits per heavy atom. The van der Waals surface area contributed by atoms with Gasteiger partial charge in [-0.3, -0.25) is 4.98 Å². The maximum absolute atomic E-state index is 14.2. The van der Waals surface area contributed by atoms with E-state index in [2.05, 4.69) is 20.3 Å². The van der Waals surface area contributed by atoms with Gasteiger partial charge < -0.3 is 15.0 Å². The predicted molar refractivity (Wildman–Crippen MR) is 81.1 cm³/mol. The number of aliphatic hydroxyl groups is 1. The van der Waals surface area contributed by atoms with Gasteiger partial charge in [-0.2, -0.15) is 9.97 Å². The summed E-state index contributed by atoms with van der Waals surface area (Å²) in [6.45, 7) is 0.567. The number of anilines is 1. The lowest BCUT2D eigenvalue weighted by Gasteiger charge is -2.08. The fourth-order valence-corrected chi connectivity index (χ4v) is 2.37. The van der Waals surface area contributed by atoms with E-state index in [1.54, 1.807) is 12.4 Å². The van der Waals surface area contributed by atoms with Crippen LogP contribution in [-0.2, 0) is 13.1 Å². The monoisotopic (exact) mass is 321 g/mol. The Hall–Kier alpha value is -2.25. The third kappa shape index (κ3) is 2.86. The van der Waals surface area contributed by atoms with Gasteiger partial charge in [-0.15, -0.1) is 0 Å². The van der Waals surface area contributed by atoms with Gasteiger partial charge in [0.15, 0.2) is 5.82 Å². The molecule has 22 heavy (non-hydrogen) atoms. The van der Waals surface area contributed by atoms with E-state index in [0.29, 0.717) is 18.0 Å². The molecular formula is C14H13ClFN5O. The van der Waals surface area contributed by atoms with Crippen molar-refractivity contribution < 1.29 is 9.50 Å². The van der Waals surface area contributed by atoms with Crippen LogP contribution < -0.4 is 5.32 Å². The van der Waals surface area contributed by atoms with Crippen molar-refractivity contribution in [2.75, 3.05) is 11.9 Å². The highest BCUT2D eigenvalue weighted by Gasteiger charge is 2.16. The molecule has 3 rings (SSSR count). The van der Waals surface area contributed by atoms with Crippen molar-refractivity contribution >= 4 is 28.5 Å². The largest absolute Gasteiger partial charge is 0.395 e. The molecule has 0 spiro atoms. The molecule has 0 fully saturated rings. The van der Waals surface area contributed by atoms with E-state index in [1.165, 1.54) is 10.8 Å². The minimum absolute atomic E-state index is 0.0158. The molecule has 0 atom stereocenters. The maximum Gasteiger partial charge on any atom is 0.226 e. The lowest BCUT2D eigenvalue weighted by Crippen LogP contribution is -2.05. The number of hydrogen-bond donors (Lipinski definition) is 2. The third-order valence-electron chi connectivity index (χ3n) is 3.19. The molecule has 0 aliphatic carbocycles. The van der Waals surface area contributed by atoms with Gasteiger partial charge in [-0.1, -0.05) is 0 Å². The number of hydrogen-bond acceptors (Lipinski definition) is 5. The maximum atomic E-state index is 14.2. The topological polar surface area (TPSA) is 75.9 Å². The average molecular weight is 322 g/mol. The number of rotatable bonds is 5. The highest BCUT2D eigenvalue weighted by molar-refractivity contribution is 6.28. The van der Waals surface area contributed by atoms with Gasteiger partial charge in [0.1, 0.15) is 11.5 Å².